The lowest BCUT2D eigenvalue weighted by Gasteiger charge is -2.37. The molecule has 0 amide bonds. The van der Waals surface area contributed by atoms with Gasteiger partial charge in [-0.25, -0.2) is 0 Å². The fourth-order valence-electron chi connectivity index (χ4n) is 4.59. The van der Waals surface area contributed by atoms with E-state index < -0.39 is 0 Å². The zero-order chi connectivity index (χ0) is 16.5. The summed E-state index contributed by atoms with van der Waals surface area (Å²) in [6.45, 7) is 3.20. The van der Waals surface area contributed by atoms with E-state index in [-0.39, 0.29) is 12.0 Å². The second-order valence-electron chi connectivity index (χ2n) is 7.45. The van der Waals surface area contributed by atoms with Crippen molar-refractivity contribution in [3.63, 3.8) is 0 Å². The molecule has 0 spiro atoms. The summed E-state index contributed by atoms with van der Waals surface area (Å²) in [6.07, 6.45) is 8.36. The molecule has 1 saturated carbocycles. The van der Waals surface area contributed by atoms with E-state index in [0.29, 0.717) is 0 Å². The summed E-state index contributed by atoms with van der Waals surface area (Å²) in [4.78, 5) is 7.45. The molecule has 1 aliphatic heterocycles. The number of morpholine rings is 1. The Morgan fingerprint density at radius 2 is 1.79 bits per heavy atom. The predicted octanol–water partition coefficient (Wildman–Crippen LogP) is 2.40. The number of aliphatic hydroxyl groups excluding tert-OH is 1. The molecule has 2 aliphatic carbocycles. The second kappa shape index (κ2) is 6.89. The fraction of sp³-hybridized carbons (Fsp3) is 0.737. The Balaban J connectivity index is 1.81. The van der Waals surface area contributed by atoms with Crippen LogP contribution in [0, 0.1) is 0 Å². The summed E-state index contributed by atoms with van der Waals surface area (Å²) in [5.74, 6) is 0.131. The van der Waals surface area contributed by atoms with Gasteiger partial charge in [-0.3, -0.25) is 4.98 Å². The first-order valence-corrected chi connectivity index (χ1v) is 9.57. The molecule has 5 nitrogen and oxygen atoms in total. The van der Waals surface area contributed by atoms with Crippen LogP contribution in [0.1, 0.15) is 61.4 Å². The first kappa shape index (κ1) is 16.2. The molecule has 24 heavy (non-hydrogen) atoms. The van der Waals surface area contributed by atoms with Crippen LogP contribution in [-0.2, 0) is 17.6 Å². The van der Waals surface area contributed by atoms with Crippen molar-refractivity contribution in [3.8, 4) is 0 Å². The van der Waals surface area contributed by atoms with E-state index in [0.717, 1.165) is 75.5 Å². The highest BCUT2D eigenvalue weighted by atomic mass is 16.5. The SMILES string of the molecule is Nc1c2c(nc(C3CCCCC3O)c1N1CCOCC1)CCCC2. The molecular weight excluding hydrogens is 302 g/mol. The number of fused-ring (bicyclic) bond motifs is 1. The number of nitrogens with zero attached hydrogens (tertiary/aromatic N) is 2. The molecule has 1 aromatic rings. The smallest absolute Gasteiger partial charge is 0.0827 e. The van der Waals surface area contributed by atoms with Gasteiger partial charge in [-0.15, -0.1) is 0 Å². The van der Waals surface area contributed by atoms with Crippen LogP contribution in [0.2, 0.25) is 0 Å². The largest absolute Gasteiger partial charge is 0.397 e. The average Bonchev–Trinajstić information content (AvgIpc) is 2.63. The fourth-order valence-corrected chi connectivity index (χ4v) is 4.59. The van der Waals surface area contributed by atoms with Crippen LogP contribution in [0.25, 0.3) is 0 Å². The molecule has 2 fully saturated rings. The van der Waals surface area contributed by atoms with E-state index >= 15 is 0 Å². The average molecular weight is 331 g/mol. The Hall–Kier alpha value is -1.33. The van der Waals surface area contributed by atoms with Crippen molar-refractivity contribution < 1.29 is 9.84 Å². The molecule has 1 aromatic heterocycles. The number of pyridine rings is 1. The van der Waals surface area contributed by atoms with Crippen LogP contribution in [0.3, 0.4) is 0 Å². The number of aryl methyl sites for hydroxylation is 1. The van der Waals surface area contributed by atoms with Crippen molar-refractivity contribution in [2.75, 3.05) is 36.9 Å². The number of rotatable bonds is 2. The maximum atomic E-state index is 10.6. The summed E-state index contributed by atoms with van der Waals surface area (Å²) in [7, 11) is 0. The summed E-state index contributed by atoms with van der Waals surface area (Å²) >= 11 is 0. The molecule has 2 atom stereocenters. The molecule has 3 aliphatic rings. The lowest BCUT2D eigenvalue weighted by molar-refractivity contribution is 0.104. The van der Waals surface area contributed by atoms with Gasteiger partial charge in [0.25, 0.3) is 0 Å². The first-order chi connectivity index (χ1) is 11.8. The maximum absolute atomic E-state index is 10.6. The third-order valence-electron chi connectivity index (χ3n) is 5.92. The van der Waals surface area contributed by atoms with Gasteiger partial charge >= 0.3 is 0 Å². The van der Waals surface area contributed by atoms with Gasteiger partial charge in [0.1, 0.15) is 0 Å². The number of hydrogen-bond donors (Lipinski definition) is 2. The van der Waals surface area contributed by atoms with Crippen molar-refractivity contribution in [1.82, 2.24) is 4.98 Å². The normalized spacial score (nSPS) is 27.8. The number of nitrogen functional groups attached to an aromatic ring is 1. The van der Waals surface area contributed by atoms with Gasteiger partial charge < -0.3 is 20.5 Å². The third kappa shape index (κ3) is 2.88. The van der Waals surface area contributed by atoms with E-state index in [1.807, 2.05) is 0 Å². The Morgan fingerprint density at radius 3 is 2.58 bits per heavy atom. The molecular formula is C19H29N3O2. The highest BCUT2D eigenvalue weighted by Gasteiger charge is 2.33. The van der Waals surface area contributed by atoms with Crippen molar-refractivity contribution >= 4 is 11.4 Å². The first-order valence-electron chi connectivity index (χ1n) is 9.57. The van der Waals surface area contributed by atoms with Crippen LogP contribution in [0.4, 0.5) is 11.4 Å². The Labute approximate surface area is 144 Å². The number of aromatic nitrogens is 1. The molecule has 0 radical (unpaired) electrons. The Bertz CT molecular complexity index is 599. The van der Waals surface area contributed by atoms with Crippen LogP contribution in [0.15, 0.2) is 0 Å². The lowest BCUT2D eigenvalue weighted by Crippen LogP contribution is -2.39. The minimum absolute atomic E-state index is 0.131. The van der Waals surface area contributed by atoms with Gasteiger partial charge in [0, 0.05) is 24.7 Å². The summed E-state index contributed by atoms with van der Waals surface area (Å²) < 4.78 is 5.53. The lowest BCUT2D eigenvalue weighted by atomic mass is 9.82. The van der Waals surface area contributed by atoms with Crippen LogP contribution < -0.4 is 10.6 Å². The van der Waals surface area contributed by atoms with E-state index in [9.17, 15) is 5.11 Å². The Morgan fingerprint density at radius 1 is 1.04 bits per heavy atom. The quantitative estimate of drug-likeness (QED) is 0.871. The second-order valence-corrected chi connectivity index (χ2v) is 7.45. The number of nitrogens with two attached hydrogens (primary N) is 1. The maximum Gasteiger partial charge on any atom is 0.0827 e. The minimum Gasteiger partial charge on any atom is -0.397 e. The predicted molar refractivity (Wildman–Crippen MR) is 95.5 cm³/mol. The minimum atomic E-state index is -0.285. The third-order valence-corrected chi connectivity index (χ3v) is 5.92. The summed E-state index contributed by atoms with van der Waals surface area (Å²) in [6, 6.07) is 0. The van der Waals surface area contributed by atoms with Crippen molar-refractivity contribution in [2.24, 2.45) is 0 Å². The number of anilines is 2. The zero-order valence-corrected chi connectivity index (χ0v) is 14.5. The molecule has 4 rings (SSSR count). The van der Waals surface area contributed by atoms with E-state index in [4.69, 9.17) is 15.5 Å². The van der Waals surface area contributed by atoms with Gasteiger partial charge in [0.05, 0.1) is 36.4 Å². The van der Waals surface area contributed by atoms with Gasteiger partial charge in [-0.2, -0.15) is 0 Å². The molecule has 132 valence electrons. The van der Waals surface area contributed by atoms with E-state index in [1.165, 1.54) is 30.5 Å². The number of hydrogen-bond acceptors (Lipinski definition) is 5. The molecule has 2 unspecified atom stereocenters. The van der Waals surface area contributed by atoms with Crippen molar-refractivity contribution in [3.05, 3.63) is 17.0 Å². The summed E-state index contributed by atoms with van der Waals surface area (Å²) in [5, 5.41) is 10.6. The van der Waals surface area contributed by atoms with Crippen LogP contribution in [0.5, 0.6) is 0 Å². The zero-order valence-electron chi connectivity index (χ0n) is 14.5. The molecule has 0 aromatic carbocycles. The molecule has 5 heteroatoms. The van der Waals surface area contributed by atoms with E-state index in [1.54, 1.807) is 0 Å². The van der Waals surface area contributed by atoms with Gasteiger partial charge in [0.2, 0.25) is 0 Å². The topological polar surface area (TPSA) is 71.6 Å². The molecule has 0 bridgehead atoms. The van der Waals surface area contributed by atoms with Gasteiger partial charge in [-0.1, -0.05) is 12.8 Å². The van der Waals surface area contributed by atoms with Crippen molar-refractivity contribution in [2.45, 2.75) is 63.4 Å². The highest BCUT2D eigenvalue weighted by Crippen LogP contribution is 2.43. The monoisotopic (exact) mass is 331 g/mol. The highest BCUT2D eigenvalue weighted by molar-refractivity contribution is 5.75. The van der Waals surface area contributed by atoms with Crippen LogP contribution >= 0.6 is 0 Å². The van der Waals surface area contributed by atoms with Crippen LogP contribution in [-0.4, -0.2) is 42.5 Å². The molecule has 3 N–H and O–H groups in total. The Kier molecular flexibility index (Phi) is 4.63. The van der Waals surface area contributed by atoms with E-state index in [2.05, 4.69) is 4.90 Å². The van der Waals surface area contributed by atoms with Gasteiger partial charge in [0.15, 0.2) is 0 Å². The number of aliphatic hydroxyl groups is 1. The summed E-state index contributed by atoms with van der Waals surface area (Å²) in [5.41, 5.74) is 12.2. The standard InChI is InChI=1S/C19H29N3O2/c20-17-13-5-1-3-7-15(13)21-18(14-6-2-4-8-16(14)23)19(17)22-9-11-24-12-10-22/h14,16,23H,1-12H2,(H2,20,21). The van der Waals surface area contributed by atoms with Crippen molar-refractivity contribution in [1.29, 1.82) is 0 Å². The molecule has 1 saturated heterocycles. The molecule has 2 heterocycles. The van der Waals surface area contributed by atoms with Gasteiger partial charge in [-0.05, 0) is 44.1 Å². The number of ether oxygens (including phenoxy) is 1.